The van der Waals surface area contributed by atoms with Gasteiger partial charge < -0.3 is 5.32 Å². The second-order valence-corrected chi connectivity index (χ2v) is 7.45. The van der Waals surface area contributed by atoms with E-state index in [0.29, 0.717) is 18.8 Å². The van der Waals surface area contributed by atoms with Gasteiger partial charge in [0.15, 0.2) is 5.78 Å². The molecule has 2 saturated carbocycles. The molecular weight excluding hydrogens is 318 g/mol. The molecule has 3 rings (SSSR count). The molecule has 2 aliphatic carbocycles. The van der Waals surface area contributed by atoms with Crippen molar-refractivity contribution in [3.05, 3.63) is 28.7 Å². The van der Waals surface area contributed by atoms with Gasteiger partial charge in [-0.1, -0.05) is 29.8 Å². The van der Waals surface area contributed by atoms with E-state index in [2.05, 4.69) is 21.2 Å². The van der Waals surface area contributed by atoms with E-state index in [0.717, 1.165) is 16.6 Å². The molecule has 2 atom stereocenters. The Bertz CT molecular complexity index is 579. The number of Topliss-reactive ketones (excluding diaryl/α,β-unsaturated/α-hetero) is 1. The molecule has 1 N–H and O–H groups in total. The smallest absolute Gasteiger partial charge is 0.238 e. The molecule has 106 valence electrons. The minimum Gasteiger partial charge on any atom is -0.325 e. The monoisotopic (exact) mass is 335 g/mol. The molecule has 1 amide bonds. The van der Waals surface area contributed by atoms with Crippen LogP contribution in [0.4, 0.5) is 5.69 Å². The van der Waals surface area contributed by atoms with Gasteiger partial charge in [-0.25, -0.2) is 0 Å². The molecule has 20 heavy (non-hydrogen) atoms. The Morgan fingerprint density at radius 1 is 1.30 bits per heavy atom. The average molecular weight is 336 g/mol. The fourth-order valence-electron chi connectivity index (χ4n) is 3.76. The molecule has 0 aliphatic heterocycles. The molecule has 0 unspecified atom stereocenters. The number of fused-ring (bicyclic) bond motifs is 2. The Balaban J connectivity index is 1.84. The number of amides is 1. The van der Waals surface area contributed by atoms with Gasteiger partial charge in [-0.05, 0) is 49.4 Å². The number of halogens is 1. The number of rotatable bonds is 2. The average Bonchev–Trinajstić information content (AvgIpc) is 2.93. The zero-order valence-corrected chi connectivity index (χ0v) is 13.3. The number of anilines is 1. The summed E-state index contributed by atoms with van der Waals surface area (Å²) >= 11 is 3.37. The Kier molecular flexibility index (Phi) is 3.05. The molecule has 2 fully saturated rings. The van der Waals surface area contributed by atoms with E-state index >= 15 is 0 Å². The Labute approximate surface area is 127 Å². The van der Waals surface area contributed by atoms with Crippen LogP contribution < -0.4 is 5.32 Å². The Morgan fingerprint density at radius 3 is 2.50 bits per heavy atom. The summed E-state index contributed by atoms with van der Waals surface area (Å²) < 4.78 is 0.965. The first-order chi connectivity index (χ1) is 9.36. The van der Waals surface area contributed by atoms with Crippen LogP contribution in [0.1, 0.15) is 33.1 Å². The van der Waals surface area contributed by atoms with Crippen molar-refractivity contribution in [1.29, 1.82) is 0 Å². The SMILES string of the molecule is CC1(C)C(=O)[C@@]2(C(=O)Nc3ccc(Br)cc3)CC[C@H]1C2. The summed E-state index contributed by atoms with van der Waals surface area (Å²) in [5.41, 5.74) is -0.398. The van der Waals surface area contributed by atoms with Crippen LogP contribution in [-0.2, 0) is 9.59 Å². The van der Waals surface area contributed by atoms with Gasteiger partial charge in [-0.3, -0.25) is 9.59 Å². The van der Waals surface area contributed by atoms with E-state index in [1.54, 1.807) is 0 Å². The summed E-state index contributed by atoms with van der Waals surface area (Å²) in [7, 11) is 0. The molecule has 0 radical (unpaired) electrons. The van der Waals surface area contributed by atoms with Gasteiger partial charge in [0.1, 0.15) is 5.41 Å². The fourth-order valence-corrected chi connectivity index (χ4v) is 4.03. The molecule has 2 bridgehead atoms. The summed E-state index contributed by atoms with van der Waals surface area (Å²) in [5.74, 6) is 0.347. The highest BCUT2D eigenvalue weighted by molar-refractivity contribution is 9.10. The lowest BCUT2D eigenvalue weighted by Crippen LogP contribution is -2.44. The third kappa shape index (κ3) is 1.85. The number of hydrogen-bond acceptors (Lipinski definition) is 2. The molecule has 3 nitrogen and oxygen atoms in total. The topological polar surface area (TPSA) is 46.2 Å². The number of nitrogens with one attached hydrogen (secondary N) is 1. The van der Waals surface area contributed by atoms with Crippen LogP contribution in [-0.4, -0.2) is 11.7 Å². The van der Waals surface area contributed by atoms with Crippen molar-refractivity contribution in [2.24, 2.45) is 16.7 Å². The molecule has 0 spiro atoms. The number of ketones is 1. The first kappa shape index (κ1) is 13.8. The zero-order valence-electron chi connectivity index (χ0n) is 11.7. The van der Waals surface area contributed by atoms with Crippen molar-refractivity contribution < 1.29 is 9.59 Å². The van der Waals surface area contributed by atoms with E-state index in [1.807, 2.05) is 38.1 Å². The molecular formula is C16H18BrNO2. The first-order valence-corrected chi connectivity index (χ1v) is 7.77. The molecule has 4 heteroatoms. The Hall–Kier alpha value is -1.16. The molecule has 0 heterocycles. The molecule has 1 aromatic carbocycles. The van der Waals surface area contributed by atoms with Crippen molar-refractivity contribution in [2.75, 3.05) is 5.32 Å². The number of benzene rings is 1. The van der Waals surface area contributed by atoms with E-state index < -0.39 is 5.41 Å². The summed E-state index contributed by atoms with van der Waals surface area (Å²) in [6.07, 6.45) is 2.38. The maximum atomic E-state index is 12.6. The van der Waals surface area contributed by atoms with Gasteiger partial charge in [-0.2, -0.15) is 0 Å². The van der Waals surface area contributed by atoms with Crippen LogP contribution in [0.3, 0.4) is 0 Å². The molecule has 2 aliphatic rings. The minimum absolute atomic E-state index is 0.121. The van der Waals surface area contributed by atoms with Crippen molar-refractivity contribution in [3.8, 4) is 0 Å². The highest BCUT2D eigenvalue weighted by Crippen LogP contribution is 2.60. The number of carbonyl (C=O) groups excluding carboxylic acids is 2. The van der Waals surface area contributed by atoms with E-state index in [1.165, 1.54) is 0 Å². The normalized spacial score (nSPS) is 30.6. The summed E-state index contributed by atoms with van der Waals surface area (Å²) in [6.45, 7) is 3.96. The highest BCUT2D eigenvalue weighted by Gasteiger charge is 2.64. The lowest BCUT2D eigenvalue weighted by Gasteiger charge is -2.32. The van der Waals surface area contributed by atoms with Crippen molar-refractivity contribution in [3.63, 3.8) is 0 Å². The summed E-state index contributed by atoms with van der Waals surface area (Å²) in [4.78, 5) is 25.3. The molecule has 0 aromatic heterocycles. The van der Waals surface area contributed by atoms with Crippen molar-refractivity contribution >= 4 is 33.3 Å². The summed E-state index contributed by atoms with van der Waals surface area (Å²) in [6, 6.07) is 7.45. The fraction of sp³-hybridized carbons (Fsp3) is 0.500. The van der Waals surface area contributed by atoms with E-state index in [9.17, 15) is 9.59 Å². The van der Waals surface area contributed by atoms with Crippen LogP contribution in [0, 0.1) is 16.7 Å². The Morgan fingerprint density at radius 2 is 1.95 bits per heavy atom. The number of hydrogen-bond donors (Lipinski definition) is 1. The molecule has 0 saturated heterocycles. The third-order valence-electron chi connectivity index (χ3n) is 5.09. The van der Waals surface area contributed by atoms with Crippen LogP contribution >= 0.6 is 15.9 Å². The standard InChI is InChI=1S/C16H18BrNO2/c1-15(2)10-7-8-16(9-10,13(15)19)14(20)18-12-5-3-11(17)4-6-12/h3-6,10H,7-9H2,1-2H3,(H,18,20)/t10-,16+/m0/s1. The first-order valence-electron chi connectivity index (χ1n) is 6.98. The van der Waals surface area contributed by atoms with Gasteiger partial charge >= 0.3 is 0 Å². The largest absolute Gasteiger partial charge is 0.325 e. The lowest BCUT2D eigenvalue weighted by molar-refractivity contribution is -0.142. The van der Waals surface area contributed by atoms with Gasteiger partial charge in [0.25, 0.3) is 0 Å². The summed E-state index contributed by atoms with van der Waals surface area (Å²) in [5, 5.41) is 2.92. The van der Waals surface area contributed by atoms with Gasteiger partial charge in [0.2, 0.25) is 5.91 Å². The second kappa shape index (κ2) is 4.42. The minimum atomic E-state index is -0.790. The van der Waals surface area contributed by atoms with Crippen LogP contribution in [0.5, 0.6) is 0 Å². The maximum Gasteiger partial charge on any atom is 0.238 e. The highest BCUT2D eigenvalue weighted by atomic mass is 79.9. The van der Waals surface area contributed by atoms with Gasteiger partial charge in [0, 0.05) is 15.6 Å². The second-order valence-electron chi connectivity index (χ2n) is 6.53. The maximum absolute atomic E-state index is 12.6. The van der Waals surface area contributed by atoms with Crippen molar-refractivity contribution in [2.45, 2.75) is 33.1 Å². The van der Waals surface area contributed by atoms with Crippen LogP contribution in [0.2, 0.25) is 0 Å². The number of carbonyl (C=O) groups is 2. The third-order valence-corrected chi connectivity index (χ3v) is 5.62. The van der Waals surface area contributed by atoms with E-state index in [-0.39, 0.29) is 17.1 Å². The van der Waals surface area contributed by atoms with Crippen LogP contribution in [0.15, 0.2) is 28.7 Å². The quantitative estimate of drug-likeness (QED) is 0.836. The molecule has 1 aromatic rings. The van der Waals surface area contributed by atoms with Gasteiger partial charge in [0.05, 0.1) is 0 Å². The predicted octanol–water partition coefficient (Wildman–Crippen LogP) is 3.78. The van der Waals surface area contributed by atoms with Gasteiger partial charge in [-0.15, -0.1) is 0 Å². The zero-order chi connectivity index (χ0) is 14.5. The lowest BCUT2D eigenvalue weighted by atomic mass is 9.70. The predicted molar refractivity (Wildman–Crippen MR) is 81.3 cm³/mol. The van der Waals surface area contributed by atoms with Crippen molar-refractivity contribution in [1.82, 2.24) is 0 Å². The van der Waals surface area contributed by atoms with E-state index in [4.69, 9.17) is 0 Å². The van der Waals surface area contributed by atoms with Crippen LogP contribution in [0.25, 0.3) is 0 Å².